The van der Waals surface area contributed by atoms with Gasteiger partial charge in [-0.15, -0.1) is 0 Å². The van der Waals surface area contributed by atoms with Gasteiger partial charge in [0.15, 0.2) is 0 Å². The van der Waals surface area contributed by atoms with Gasteiger partial charge in [-0.05, 0) is 37.6 Å². The summed E-state index contributed by atoms with van der Waals surface area (Å²) in [5.74, 6) is -1.16. The molecular formula is C16H15F3O2. The second kappa shape index (κ2) is 5.06. The lowest BCUT2D eigenvalue weighted by molar-refractivity contribution is -0.146. The molecule has 0 atom stereocenters. The van der Waals surface area contributed by atoms with Crippen LogP contribution in [-0.2, 0) is 11.0 Å². The molecule has 2 nitrogen and oxygen atoms in total. The first kappa shape index (κ1) is 15.4. The van der Waals surface area contributed by atoms with Crippen molar-refractivity contribution < 1.29 is 22.7 Å². The third kappa shape index (κ3) is 3.17. The third-order valence-electron chi connectivity index (χ3n) is 2.99. The van der Waals surface area contributed by atoms with Gasteiger partial charge in [-0.25, -0.2) is 0 Å². The van der Waals surface area contributed by atoms with E-state index in [1.54, 1.807) is 32.9 Å². The Morgan fingerprint density at radius 2 is 1.62 bits per heavy atom. The average Bonchev–Trinajstić information content (AvgIpc) is 2.35. The zero-order chi connectivity index (χ0) is 15.8. The topological polar surface area (TPSA) is 26.3 Å². The maximum absolute atomic E-state index is 13.3. The number of benzene rings is 2. The molecule has 5 heteroatoms. The maximum Gasteiger partial charge on any atom is 0.420 e. The van der Waals surface area contributed by atoms with Crippen LogP contribution < -0.4 is 4.74 Å². The summed E-state index contributed by atoms with van der Waals surface area (Å²) in [6.45, 7) is 4.76. The van der Waals surface area contributed by atoms with Gasteiger partial charge in [0, 0.05) is 0 Å². The monoisotopic (exact) mass is 296 g/mol. The number of fused-ring (bicyclic) bond motifs is 1. The van der Waals surface area contributed by atoms with E-state index >= 15 is 0 Å². The SMILES string of the molecule is CC(C)(C)C(=O)Oc1ccc2ccccc2c1C(F)(F)F. The molecule has 2 aromatic rings. The van der Waals surface area contributed by atoms with Crippen LogP contribution in [0.5, 0.6) is 5.75 Å². The molecule has 0 bridgehead atoms. The second-order valence-electron chi connectivity index (χ2n) is 5.80. The predicted molar refractivity (Wildman–Crippen MR) is 74.0 cm³/mol. The van der Waals surface area contributed by atoms with Gasteiger partial charge in [0.25, 0.3) is 0 Å². The number of hydrogen-bond acceptors (Lipinski definition) is 2. The lowest BCUT2D eigenvalue weighted by Crippen LogP contribution is -2.26. The molecule has 21 heavy (non-hydrogen) atoms. The van der Waals surface area contributed by atoms with Crippen molar-refractivity contribution >= 4 is 16.7 Å². The van der Waals surface area contributed by atoms with Crippen LogP contribution in [0.15, 0.2) is 36.4 Å². The predicted octanol–water partition coefficient (Wildman–Crippen LogP) is 4.81. The number of alkyl halides is 3. The first-order valence-corrected chi connectivity index (χ1v) is 6.42. The summed E-state index contributed by atoms with van der Waals surface area (Å²) in [4.78, 5) is 11.9. The van der Waals surface area contributed by atoms with E-state index in [1.165, 1.54) is 24.3 Å². The summed E-state index contributed by atoms with van der Waals surface area (Å²) in [7, 11) is 0. The highest BCUT2D eigenvalue weighted by Gasteiger charge is 2.37. The summed E-state index contributed by atoms with van der Waals surface area (Å²) in [5, 5.41) is 0.463. The molecule has 0 unspecified atom stereocenters. The van der Waals surface area contributed by atoms with E-state index in [0.29, 0.717) is 5.39 Å². The van der Waals surface area contributed by atoms with Crippen molar-refractivity contribution in [2.75, 3.05) is 0 Å². The highest BCUT2D eigenvalue weighted by molar-refractivity contribution is 5.89. The van der Waals surface area contributed by atoms with Crippen molar-refractivity contribution in [3.8, 4) is 5.75 Å². The molecule has 0 aliphatic rings. The molecule has 0 saturated heterocycles. The first-order valence-electron chi connectivity index (χ1n) is 6.42. The van der Waals surface area contributed by atoms with Crippen molar-refractivity contribution in [3.63, 3.8) is 0 Å². The molecular weight excluding hydrogens is 281 g/mol. The Balaban J connectivity index is 2.61. The molecule has 112 valence electrons. The van der Waals surface area contributed by atoms with Crippen LogP contribution in [0.2, 0.25) is 0 Å². The van der Waals surface area contributed by atoms with E-state index in [9.17, 15) is 18.0 Å². The van der Waals surface area contributed by atoms with E-state index in [-0.39, 0.29) is 5.39 Å². The summed E-state index contributed by atoms with van der Waals surface area (Å²) in [6, 6.07) is 8.83. The van der Waals surface area contributed by atoms with E-state index in [4.69, 9.17) is 4.74 Å². The molecule has 0 aliphatic heterocycles. The Labute approximate surface area is 120 Å². The van der Waals surface area contributed by atoms with Gasteiger partial charge in [-0.2, -0.15) is 13.2 Å². The summed E-state index contributed by atoms with van der Waals surface area (Å²) >= 11 is 0. The highest BCUT2D eigenvalue weighted by Crippen LogP contribution is 2.41. The molecule has 0 amide bonds. The Kier molecular flexibility index (Phi) is 3.70. The molecule has 2 rings (SSSR count). The lowest BCUT2D eigenvalue weighted by Gasteiger charge is -2.20. The Hall–Kier alpha value is -2.04. The molecule has 2 aromatic carbocycles. The summed E-state index contributed by atoms with van der Waals surface area (Å²) in [6.07, 6.45) is -4.60. The second-order valence-corrected chi connectivity index (χ2v) is 5.80. The Morgan fingerprint density at radius 1 is 1.00 bits per heavy atom. The van der Waals surface area contributed by atoms with Gasteiger partial charge in [0.05, 0.1) is 5.41 Å². The number of carbonyl (C=O) groups excluding carboxylic acids is 1. The van der Waals surface area contributed by atoms with Crippen LogP contribution in [0.1, 0.15) is 26.3 Å². The van der Waals surface area contributed by atoms with Crippen LogP contribution in [0, 0.1) is 5.41 Å². The van der Waals surface area contributed by atoms with Crippen LogP contribution in [-0.4, -0.2) is 5.97 Å². The van der Waals surface area contributed by atoms with Gasteiger partial charge in [-0.3, -0.25) is 4.79 Å². The summed E-state index contributed by atoms with van der Waals surface area (Å²) in [5.41, 5.74) is -1.80. The van der Waals surface area contributed by atoms with Crippen LogP contribution in [0.4, 0.5) is 13.2 Å². The molecule has 0 aromatic heterocycles. The van der Waals surface area contributed by atoms with Crippen LogP contribution in [0.25, 0.3) is 10.8 Å². The number of hydrogen-bond donors (Lipinski definition) is 0. The van der Waals surface area contributed by atoms with Crippen molar-refractivity contribution in [1.29, 1.82) is 0 Å². The smallest absolute Gasteiger partial charge is 0.420 e. The van der Waals surface area contributed by atoms with Crippen LogP contribution >= 0.6 is 0 Å². The molecule has 0 radical (unpaired) electrons. The van der Waals surface area contributed by atoms with Crippen molar-refractivity contribution in [2.45, 2.75) is 26.9 Å². The lowest BCUT2D eigenvalue weighted by atomic mass is 9.97. The maximum atomic E-state index is 13.3. The van der Waals surface area contributed by atoms with Crippen molar-refractivity contribution in [3.05, 3.63) is 42.0 Å². The molecule has 0 fully saturated rings. The number of esters is 1. The third-order valence-corrected chi connectivity index (χ3v) is 2.99. The fraction of sp³-hybridized carbons (Fsp3) is 0.312. The Bertz CT molecular complexity index is 682. The molecule has 0 aliphatic carbocycles. The van der Waals surface area contributed by atoms with Gasteiger partial charge in [0.2, 0.25) is 0 Å². The average molecular weight is 296 g/mol. The van der Waals surface area contributed by atoms with Gasteiger partial charge in [-0.1, -0.05) is 30.3 Å². The quantitative estimate of drug-likeness (QED) is 0.557. The van der Waals surface area contributed by atoms with Crippen molar-refractivity contribution in [1.82, 2.24) is 0 Å². The van der Waals surface area contributed by atoms with Crippen LogP contribution in [0.3, 0.4) is 0 Å². The first-order chi connectivity index (χ1) is 9.60. The number of halogens is 3. The molecule has 0 spiro atoms. The number of rotatable bonds is 1. The van der Waals surface area contributed by atoms with Crippen molar-refractivity contribution in [2.24, 2.45) is 5.41 Å². The zero-order valence-corrected chi connectivity index (χ0v) is 11.9. The number of carbonyl (C=O) groups is 1. The highest BCUT2D eigenvalue weighted by atomic mass is 19.4. The zero-order valence-electron chi connectivity index (χ0n) is 11.9. The van der Waals surface area contributed by atoms with E-state index in [2.05, 4.69) is 0 Å². The fourth-order valence-electron chi connectivity index (χ4n) is 1.88. The largest absolute Gasteiger partial charge is 0.425 e. The molecule has 0 heterocycles. The van der Waals surface area contributed by atoms with E-state index < -0.39 is 28.9 Å². The van der Waals surface area contributed by atoms with E-state index in [0.717, 1.165) is 0 Å². The van der Waals surface area contributed by atoms with Gasteiger partial charge >= 0.3 is 12.1 Å². The minimum absolute atomic E-state index is 0.0178. The molecule has 0 saturated carbocycles. The Morgan fingerprint density at radius 3 is 2.19 bits per heavy atom. The minimum Gasteiger partial charge on any atom is -0.425 e. The number of ether oxygens (including phenoxy) is 1. The van der Waals surface area contributed by atoms with Gasteiger partial charge in [0.1, 0.15) is 11.3 Å². The summed E-state index contributed by atoms with van der Waals surface area (Å²) < 4.78 is 45.0. The minimum atomic E-state index is -4.60. The standard InChI is InChI=1S/C16H15F3O2/c1-15(2,3)14(20)21-12-9-8-10-6-4-5-7-11(10)13(12)16(17,18)19/h4-9H,1-3H3. The molecule has 0 N–H and O–H groups in total. The van der Waals surface area contributed by atoms with Gasteiger partial charge < -0.3 is 4.74 Å². The normalized spacial score (nSPS) is 12.5. The van der Waals surface area contributed by atoms with E-state index in [1.807, 2.05) is 0 Å². The fourth-order valence-corrected chi connectivity index (χ4v) is 1.88.